The van der Waals surface area contributed by atoms with E-state index in [0.29, 0.717) is 12.2 Å². The molecule has 2 amide bonds. The highest BCUT2D eigenvalue weighted by atomic mass is 19.1. The van der Waals surface area contributed by atoms with Crippen LogP contribution in [0.4, 0.5) is 9.18 Å². The molecule has 110 valence electrons. The lowest BCUT2D eigenvalue weighted by molar-refractivity contribution is 0.208. The van der Waals surface area contributed by atoms with Gasteiger partial charge in [0.2, 0.25) is 0 Å². The topological polar surface area (TPSA) is 50.2 Å². The first-order valence-corrected chi connectivity index (χ1v) is 7.03. The maximum atomic E-state index is 14.1. The molecule has 21 heavy (non-hydrogen) atoms. The first-order valence-electron chi connectivity index (χ1n) is 7.03. The molecule has 0 radical (unpaired) electrons. The van der Waals surface area contributed by atoms with Crippen LogP contribution < -0.4 is 5.32 Å². The fourth-order valence-electron chi connectivity index (χ4n) is 2.48. The summed E-state index contributed by atoms with van der Waals surface area (Å²) in [7, 11) is 0. The number of urea groups is 1. The molecule has 0 unspecified atom stereocenters. The van der Waals surface area contributed by atoms with Crippen molar-refractivity contribution in [1.82, 2.24) is 19.8 Å². The van der Waals surface area contributed by atoms with Crippen LogP contribution in [0.2, 0.25) is 0 Å². The maximum absolute atomic E-state index is 14.1. The smallest absolute Gasteiger partial charge is 0.317 e. The molecule has 1 aliphatic rings. The molecule has 1 aliphatic heterocycles. The number of amides is 2. The highest BCUT2D eigenvalue weighted by Gasteiger charge is 2.17. The molecule has 2 aromatic rings. The first-order chi connectivity index (χ1) is 10.2. The van der Waals surface area contributed by atoms with Crippen LogP contribution in [0.5, 0.6) is 0 Å². The Morgan fingerprint density at radius 1 is 1.33 bits per heavy atom. The van der Waals surface area contributed by atoms with Gasteiger partial charge in [-0.25, -0.2) is 14.2 Å². The third-order valence-corrected chi connectivity index (χ3v) is 3.63. The second kappa shape index (κ2) is 5.95. The standard InChI is InChI=1S/C15H17FN4O/c16-13-9-12(3-4-14(13)20-8-5-17-11-20)10-18-15(21)19-6-1-2-7-19/h3-5,8-9,11H,1-2,6-7,10H2,(H,18,21). The van der Waals surface area contributed by atoms with E-state index >= 15 is 0 Å². The van der Waals surface area contributed by atoms with Gasteiger partial charge in [-0.2, -0.15) is 0 Å². The summed E-state index contributed by atoms with van der Waals surface area (Å²) >= 11 is 0. The quantitative estimate of drug-likeness (QED) is 0.942. The molecule has 0 bridgehead atoms. The number of imidazole rings is 1. The Bertz CT molecular complexity index is 621. The van der Waals surface area contributed by atoms with E-state index in [-0.39, 0.29) is 11.8 Å². The van der Waals surface area contributed by atoms with E-state index in [1.807, 2.05) is 6.07 Å². The summed E-state index contributed by atoms with van der Waals surface area (Å²) in [5, 5.41) is 2.82. The van der Waals surface area contributed by atoms with E-state index < -0.39 is 0 Å². The van der Waals surface area contributed by atoms with E-state index in [1.54, 1.807) is 34.3 Å². The molecule has 0 saturated carbocycles. The molecule has 1 N–H and O–H groups in total. The minimum Gasteiger partial charge on any atom is -0.334 e. The van der Waals surface area contributed by atoms with Crippen molar-refractivity contribution in [3.63, 3.8) is 0 Å². The van der Waals surface area contributed by atoms with Gasteiger partial charge in [0.25, 0.3) is 0 Å². The van der Waals surface area contributed by atoms with Gasteiger partial charge in [-0.05, 0) is 30.5 Å². The second-order valence-corrected chi connectivity index (χ2v) is 5.11. The molecule has 1 saturated heterocycles. The zero-order valence-electron chi connectivity index (χ0n) is 11.6. The molecule has 0 spiro atoms. The zero-order chi connectivity index (χ0) is 14.7. The number of carbonyl (C=O) groups excluding carboxylic acids is 1. The van der Waals surface area contributed by atoms with Crippen molar-refractivity contribution in [3.8, 4) is 5.69 Å². The van der Waals surface area contributed by atoms with Gasteiger partial charge in [-0.3, -0.25) is 0 Å². The van der Waals surface area contributed by atoms with Crippen molar-refractivity contribution in [2.24, 2.45) is 0 Å². The normalized spacial score (nSPS) is 14.4. The summed E-state index contributed by atoms with van der Waals surface area (Å²) in [4.78, 5) is 17.6. The number of carbonyl (C=O) groups is 1. The van der Waals surface area contributed by atoms with E-state index in [9.17, 15) is 9.18 Å². The Morgan fingerprint density at radius 3 is 2.81 bits per heavy atom. The summed E-state index contributed by atoms with van der Waals surface area (Å²) in [6.45, 7) is 1.94. The highest BCUT2D eigenvalue weighted by molar-refractivity contribution is 5.74. The van der Waals surface area contributed by atoms with E-state index in [4.69, 9.17) is 0 Å². The van der Waals surface area contributed by atoms with Gasteiger partial charge in [0, 0.05) is 32.0 Å². The number of rotatable bonds is 3. The van der Waals surface area contributed by atoms with Gasteiger partial charge in [0.15, 0.2) is 0 Å². The Kier molecular flexibility index (Phi) is 3.85. The van der Waals surface area contributed by atoms with Crippen molar-refractivity contribution in [1.29, 1.82) is 0 Å². The number of hydrogen-bond acceptors (Lipinski definition) is 2. The van der Waals surface area contributed by atoms with Crippen molar-refractivity contribution in [3.05, 3.63) is 48.3 Å². The second-order valence-electron chi connectivity index (χ2n) is 5.11. The van der Waals surface area contributed by atoms with Crippen molar-refractivity contribution < 1.29 is 9.18 Å². The van der Waals surface area contributed by atoms with Gasteiger partial charge < -0.3 is 14.8 Å². The fraction of sp³-hybridized carbons (Fsp3) is 0.333. The lowest BCUT2D eigenvalue weighted by atomic mass is 10.2. The van der Waals surface area contributed by atoms with Crippen LogP contribution in [0, 0.1) is 5.82 Å². The minimum absolute atomic E-state index is 0.0772. The molecule has 1 aromatic carbocycles. The van der Waals surface area contributed by atoms with Gasteiger partial charge >= 0.3 is 6.03 Å². The summed E-state index contributed by atoms with van der Waals surface area (Å²) in [5.41, 5.74) is 1.19. The van der Waals surface area contributed by atoms with Crippen LogP contribution >= 0.6 is 0 Å². The summed E-state index contributed by atoms with van der Waals surface area (Å²) in [5.74, 6) is -0.332. The predicted molar refractivity (Wildman–Crippen MR) is 76.6 cm³/mol. The Morgan fingerprint density at radius 2 is 2.14 bits per heavy atom. The maximum Gasteiger partial charge on any atom is 0.317 e. The fourth-order valence-corrected chi connectivity index (χ4v) is 2.48. The lowest BCUT2D eigenvalue weighted by Crippen LogP contribution is -2.37. The minimum atomic E-state index is -0.332. The molecule has 5 nitrogen and oxygen atoms in total. The third kappa shape index (κ3) is 3.04. The third-order valence-electron chi connectivity index (χ3n) is 3.63. The molecule has 3 rings (SSSR count). The molecule has 6 heteroatoms. The number of hydrogen-bond donors (Lipinski definition) is 1. The average molecular weight is 288 g/mol. The van der Waals surface area contributed by atoms with Crippen LogP contribution in [-0.2, 0) is 6.54 Å². The molecule has 0 aliphatic carbocycles. The van der Waals surface area contributed by atoms with Gasteiger partial charge in [-0.1, -0.05) is 6.07 Å². The van der Waals surface area contributed by atoms with Crippen LogP contribution in [0.1, 0.15) is 18.4 Å². The molecular weight excluding hydrogens is 271 g/mol. The summed E-state index contributed by atoms with van der Waals surface area (Å²) < 4.78 is 15.7. The van der Waals surface area contributed by atoms with Crippen LogP contribution in [0.15, 0.2) is 36.9 Å². The van der Waals surface area contributed by atoms with E-state index in [0.717, 1.165) is 31.5 Å². The van der Waals surface area contributed by atoms with Crippen LogP contribution in [0.25, 0.3) is 5.69 Å². The Labute approximate surface area is 122 Å². The largest absolute Gasteiger partial charge is 0.334 e. The summed E-state index contributed by atoms with van der Waals surface area (Å²) in [6.07, 6.45) is 6.95. The van der Waals surface area contributed by atoms with E-state index in [2.05, 4.69) is 10.3 Å². The zero-order valence-corrected chi connectivity index (χ0v) is 11.6. The number of halogens is 1. The number of nitrogens with zero attached hydrogens (tertiary/aromatic N) is 3. The number of aromatic nitrogens is 2. The Balaban J connectivity index is 1.64. The highest BCUT2D eigenvalue weighted by Crippen LogP contribution is 2.15. The molecule has 1 fully saturated rings. The van der Waals surface area contributed by atoms with Crippen molar-refractivity contribution in [2.45, 2.75) is 19.4 Å². The molecular formula is C15H17FN4O. The van der Waals surface area contributed by atoms with Crippen LogP contribution in [0.3, 0.4) is 0 Å². The van der Waals surface area contributed by atoms with Crippen LogP contribution in [-0.4, -0.2) is 33.6 Å². The molecule has 0 atom stereocenters. The summed E-state index contributed by atoms with van der Waals surface area (Å²) in [6, 6.07) is 4.86. The van der Waals surface area contributed by atoms with E-state index in [1.165, 1.54) is 6.07 Å². The first kappa shape index (κ1) is 13.6. The van der Waals surface area contributed by atoms with Gasteiger partial charge in [0.05, 0.1) is 12.0 Å². The molecule has 2 heterocycles. The lowest BCUT2D eigenvalue weighted by Gasteiger charge is -2.16. The number of likely N-dealkylation sites (tertiary alicyclic amines) is 1. The van der Waals surface area contributed by atoms with Crippen molar-refractivity contribution >= 4 is 6.03 Å². The SMILES string of the molecule is O=C(NCc1ccc(-n2ccnc2)c(F)c1)N1CCCC1. The van der Waals surface area contributed by atoms with Gasteiger partial charge in [-0.15, -0.1) is 0 Å². The number of nitrogens with one attached hydrogen (secondary N) is 1. The Hall–Kier alpha value is -2.37. The monoisotopic (exact) mass is 288 g/mol. The van der Waals surface area contributed by atoms with Crippen molar-refractivity contribution in [2.75, 3.05) is 13.1 Å². The average Bonchev–Trinajstić information content (AvgIpc) is 3.17. The number of benzene rings is 1. The van der Waals surface area contributed by atoms with Gasteiger partial charge in [0.1, 0.15) is 5.82 Å². The molecule has 1 aromatic heterocycles. The predicted octanol–water partition coefficient (Wildman–Crippen LogP) is 2.32.